The van der Waals surface area contributed by atoms with Gasteiger partial charge in [-0.2, -0.15) is 0 Å². The lowest BCUT2D eigenvalue weighted by atomic mass is 10.1. The molecule has 0 bridgehead atoms. The third kappa shape index (κ3) is 4.37. The molecule has 2 N–H and O–H groups in total. The van der Waals surface area contributed by atoms with Crippen LogP contribution in [0.3, 0.4) is 0 Å². The molecule has 1 fully saturated rings. The summed E-state index contributed by atoms with van der Waals surface area (Å²) in [5.74, 6) is -1.44. The molecule has 1 aromatic carbocycles. The first-order valence-electron chi connectivity index (χ1n) is 6.23. The van der Waals surface area contributed by atoms with E-state index in [-0.39, 0.29) is 42.6 Å². The number of carbonyl (C=O) groups is 2. The topological polar surface area (TPSA) is 67.4 Å². The monoisotopic (exact) mass is 302 g/mol. The summed E-state index contributed by atoms with van der Waals surface area (Å²) in [6, 6.07) is 5.56. The summed E-state index contributed by atoms with van der Waals surface area (Å²) in [6.07, 6.45) is -4.70. The minimum atomic E-state index is -4.79. The number of carbonyl (C=O) groups excluding carboxylic acids is 2. The Balaban J connectivity index is 1.97. The maximum atomic E-state index is 12.3. The maximum absolute atomic E-state index is 12.3. The molecule has 1 aromatic rings. The van der Waals surface area contributed by atoms with Crippen molar-refractivity contribution in [2.45, 2.75) is 19.3 Å². The molecule has 1 heterocycles. The minimum absolute atomic E-state index is 0.0898. The SMILES string of the molecule is O=C1CC(C(=O)NCc2ccccc2OC(F)(F)F)CN1. The second-order valence-electron chi connectivity index (χ2n) is 4.58. The third-order valence-electron chi connectivity index (χ3n) is 3.00. The molecule has 0 saturated carbocycles. The van der Waals surface area contributed by atoms with Crippen LogP contribution in [0.5, 0.6) is 5.75 Å². The fourth-order valence-corrected chi connectivity index (χ4v) is 1.99. The average molecular weight is 302 g/mol. The lowest BCUT2D eigenvalue weighted by molar-refractivity contribution is -0.274. The lowest BCUT2D eigenvalue weighted by Gasteiger charge is -2.14. The van der Waals surface area contributed by atoms with Gasteiger partial charge in [-0.3, -0.25) is 9.59 Å². The fraction of sp³-hybridized carbons (Fsp3) is 0.385. The number of para-hydroxylation sites is 1. The van der Waals surface area contributed by atoms with E-state index in [0.717, 1.165) is 0 Å². The zero-order valence-electron chi connectivity index (χ0n) is 10.9. The molecule has 114 valence electrons. The molecule has 1 saturated heterocycles. The molecule has 0 radical (unpaired) electrons. The minimum Gasteiger partial charge on any atom is -0.405 e. The highest BCUT2D eigenvalue weighted by atomic mass is 19.4. The predicted octanol–water partition coefficient (Wildman–Crippen LogP) is 1.34. The standard InChI is InChI=1S/C13H13F3N2O3/c14-13(15,16)21-10-4-2-1-3-8(10)6-18-12(20)9-5-11(19)17-7-9/h1-4,9H,5-7H2,(H,17,19)(H,18,20). The van der Waals surface area contributed by atoms with Crippen molar-refractivity contribution in [2.24, 2.45) is 5.92 Å². The van der Waals surface area contributed by atoms with Crippen LogP contribution in [-0.4, -0.2) is 24.7 Å². The average Bonchev–Trinajstić information content (AvgIpc) is 2.82. The van der Waals surface area contributed by atoms with Crippen LogP contribution >= 0.6 is 0 Å². The number of rotatable bonds is 4. The van der Waals surface area contributed by atoms with Crippen molar-refractivity contribution in [2.75, 3.05) is 6.54 Å². The summed E-state index contributed by atoms with van der Waals surface area (Å²) in [6.45, 7) is 0.140. The van der Waals surface area contributed by atoms with Gasteiger partial charge in [0, 0.05) is 25.1 Å². The van der Waals surface area contributed by atoms with Crippen molar-refractivity contribution in [1.82, 2.24) is 10.6 Å². The van der Waals surface area contributed by atoms with Crippen molar-refractivity contribution >= 4 is 11.8 Å². The van der Waals surface area contributed by atoms with E-state index < -0.39 is 12.3 Å². The number of halogens is 3. The van der Waals surface area contributed by atoms with Crippen molar-refractivity contribution < 1.29 is 27.5 Å². The van der Waals surface area contributed by atoms with E-state index in [0.29, 0.717) is 0 Å². The molecular weight excluding hydrogens is 289 g/mol. The van der Waals surface area contributed by atoms with Crippen LogP contribution in [0.4, 0.5) is 13.2 Å². The molecule has 0 aliphatic carbocycles. The Morgan fingerprint density at radius 1 is 1.38 bits per heavy atom. The smallest absolute Gasteiger partial charge is 0.405 e. The summed E-state index contributed by atoms with van der Waals surface area (Å²) >= 11 is 0. The van der Waals surface area contributed by atoms with Crippen LogP contribution < -0.4 is 15.4 Å². The third-order valence-corrected chi connectivity index (χ3v) is 3.00. The Labute approximate surface area is 118 Å². The van der Waals surface area contributed by atoms with Gasteiger partial charge in [0.15, 0.2) is 0 Å². The number of hydrogen-bond acceptors (Lipinski definition) is 3. The number of ether oxygens (including phenoxy) is 1. The van der Waals surface area contributed by atoms with E-state index in [1.165, 1.54) is 18.2 Å². The van der Waals surface area contributed by atoms with Gasteiger partial charge in [-0.25, -0.2) is 0 Å². The van der Waals surface area contributed by atoms with Crippen LogP contribution in [0.2, 0.25) is 0 Å². The molecule has 1 aliphatic rings. The van der Waals surface area contributed by atoms with E-state index in [1.54, 1.807) is 6.07 Å². The van der Waals surface area contributed by atoms with Crippen LogP contribution in [0, 0.1) is 5.92 Å². The van der Waals surface area contributed by atoms with Crippen LogP contribution in [0.1, 0.15) is 12.0 Å². The zero-order chi connectivity index (χ0) is 15.5. The normalized spacial score (nSPS) is 18.2. The van der Waals surface area contributed by atoms with Crippen molar-refractivity contribution in [3.8, 4) is 5.75 Å². The predicted molar refractivity (Wildman–Crippen MR) is 66.1 cm³/mol. The number of nitrogens with one attached hydrogen (secondary N) is 2. The summed E-state index contributed by atoms with van der Waals surface area (Å²) in [7, 11) is 0. The van der Waals surface area contributed by atoms with Crippen molar-refractivity contribution in [3.63, 3.8) is 0 Å². The van der Waals surface area contributed by atoms with Crippen LogP contribution in [0.25, 0.3) is 0 Å². The molecule has 2 amide bonds. The number of hydrogen-bond donors (Lipinski definition) is 2. The molecule has 8 heteroatoms. The first kappa shape index (κ1) is 15.1. The highest BCUT2D eigenvalue weighted by molar-refractivity contribution is 5.89. The number of benzene rings is 1. The first-order chi connectivity index (χ1) is 9.85. The van der Waals surface area contributed by atoms with Gasteiger partial charge < -0.3 is 15.4 Å². The van der Waals surface area contributed by atoms with Gasteiger partial charge in [-0.1, -0.05) is 18.2 Å². The number of alkyl halides is 3. The molecule has 1 unspecified atom stereocenters. The highest BCUT2D eigenvalue weighted by Gasteiger charge is 2.32. The Bertz CT molecular complexity index is 546. The largest absolute Gasteiger partial charge is 0.573 e. The van der Waals surface area contributed by atoms with Gasteiger partial charge in [0.2, 0.25) is 11.8 Å². The highest BCUT2D eigenvalue weighted by Crippen LogP contribution is 2.26. The molecular formula is C13H13F3N2O3. The van der Waals surface area contributed by atoms with E-state index in [9.17, 15) is 22.8 Å². The van der Waals surface area contributed by atoms with Gasteiger partial charge in [-0.05, 0) is 6.07 Å². The lowest BCUT2D eigenvalue weighted by Crippen LogP contribution is -2.31. The Kier molecular flexibility index (Phi) is 4.35. The quantitative estimate of drug-likeness (QED) is 0.882. The van der Waals surface area contributed by atoms with Gasteiger partial charge in [0.25, 0.3) is 0 Å². The van der Waals surface area contributed by atoms with E-state index >= 15 is 0 Å². The molecule has 5 nitrogen and oxygen atoms in total. The van der Waals surface area contributed by atoms with Crippen LogP contribution in [-0.2, 0) is 16.1 Å². The fourth-order valence-electron chi connectivity index (χ4n) is 1.99. The van der Waals surface area contributed by atoms with Crippen LogP contribution in [0.15, 0.2) is 24.3 Å². The molecule has 21 heavy (non-hydrogen) atoms. The summed E-state index contributed by atoms with van der Waals surface area (Å²) in [5.41, 5.74) is 0.209. The van der Waals surface area contributed by atoms with Gasteiger partial charge >= 0.3 is 6.36 Å². The van der Waals surface area contributed by atoms with Gasteiger partial charge in [0.05, 0.1) is 5.92 Å². The Hall–Kier alpha value is -2.25. The molecule has 0 aromatic heterocycles. The summed E-state index contributed by atoms with van der Waals surface area (Å²) in [4.78, 5) is 22.8. The van der Waals surface area contributed by atoms with E-state index in [2.05, 4.69) is 15.4 Å². The number of amides is 2. The Morgan fingerprint density at radius 3 is 2.71 bits per heavy atom. The van der Waals surface area contributed by atoms with Crippen molar-refractivity contribution in [1.29, 1.82) is 0 Å². The first-order valence-corrected chi connectivity index (χ1v) is 6.23. The second kappa shape index (κ2) is 6.02. The van der Waals surface area contributed by atoms with E-state index in [1.807, 2.05) is 0 Å². The second-order valence-corrected chi connectivity index (χ2v) is 4.58. The van der Waals surface area contributed by atoms with Gasteiger partial charge in [0.1, 0.15) is 5.75 Å². The molecule has 1 aliphatic heterocycles. The molecule has 0 spiro atoms. The van der Waals surface area contributed by atoms with E-state index in [4.69, 9.17) is 0 Å². The maximum Gasteiger partial charge on any atom is 0.573 e. The molecule has 1 atom stereocenters. The van der Waals surface area contributed by atoms with Gasteiger partial charge in [-0.15, -0.1) is 13.2 Å². The Morgan fingerprint density at radius 2 is 2.10 bits per heavy atom. The summed E-state index contributed by atoms with van der Waals surface area (Å²) in [5, 5.41) is 5.03. The van der Waals surface area contributed by atoms with Crippen molar-refractivity contribution in [3.05, 3.63) is 29.8 Å². The molecule has 2 rings (SSSR count). The zero-order valence-corrected chi connectivity index (χ0v) is 10.9. The summed E-state index contributed by atoms with van der Waals surface area (Å²) < 4.78 is 40.7.